The van der Waals surface area contributed by atoms with Gasteiger partial charge in [0.05, 0.1) is 18.6 Å². The largest absolute Gasteiger partial charge is 0.495 e. The molecule has 0 unspecified atom stereocenters. The van der Waals surface area contributed by atoms with Gasteiger partial charge in [-0.2, -0.15) is 4.31 Å². The molecule has 2 N–H and O–H groups in total. The molecule has 0 aromatic heterocycles. The predicted molar refractivity (Wildman–Crippen MR) is 83.5 cm³/mol. The summed E-state index contributed by atoms with van der Waals surface area (Å²) in [5, 5.41) is 8.71. The van der Waals surface area contributed by atoms with Crippen LogP contribution in [0.25, 0.3) is 0 Å². The van der Waals surface area contributed by atoms with Crippen molar-refractivity contribution in [1.29, 1.82) is 0 Å². The van der Waals surface area contributed by atoms with Crippen molar-refractivity contribution < 1.29 is 31.5 Å². The van der Waals surface area contributed by atoms with Crippen LogP contribution < -0.4 is 9.46 Å². The number of ether oxygens (including phenoxy) is 1. The lowest BCUT2D eigenvalue weighted by atomic mass is 10.3. The molecule has 23 heavy (non-hydrogen) atoms. The first kappa shape index (κ1) is 19.2. The molecular weight excluding hydrogens is 348 g/mol. The van der Waals surface area contributed by atoms with Gasteiger partial charge in [-0.3, -0.25) is 9.52 Å². The molecule has 1 aromatic carbocycles. The first-order chi connectivity index (χ1) is 10.5. The van der Waals surface area contributed by atoms with Crippen molar-refractivity contribution in [3.05, 3.63) is 18.2 Å². The number of carboxylic acids is 1. The van der Waals surface area contributed by atoms with Crippen LogP contribution in [0.2, 0.25) is 0 Å². The highest BCUT2D eigenvalue weighted by Gasteiger charge is 2.26. The Labute approximate surface area is 135 Å². The molecular formula is C12H18N2O7S2. The van der Waals surface area contributed by atoms with E-state index < -0.39 is 32.6 Å². The molecule has 0 atom stereocenters. The van der Waals surface area contributed by atoms with Crippen LogP contribution in [0, 0.1) is 0 Å². The number of benzene rings is 1. The van der Waals surface area contributed by atoms with E-state index in [2.05, 4.69) is 4.72 Å². The van der Waals surface area contributed by atoms with Crippen LogP contribution in [0.4, 0.5) is 5.69 Å². The van der Waals surface area contributed by atoms with Crippen LogP contribution in [-0.2, 0) is 24.8 Å². The van der Waals surface area contributed by atoms with E-state index >= 15 is 0 Å². The second kappa shape index (κ2) is 7.15. The molecule has 0 radical (unpaired) electrons. The minimum atomic E-state index is -4.09. The van der Waals surface area contributed by atoms with E-state index in [-0.39, 0.29) is 22.1 Å². The van der Waals surface area contributed by atoms with Gasteiger partial charge in [0.15, 0.2) is 0 Å². The lowest BCUT2D eigenvalue weighted by Gasteiger charge is -2.18. The third-order valence-electron chi connectivity index (χ3n) is 2.86. The molecule has 0 aliphatic carbocycles. The van der Waals surface area contributed by atoms with Gasteiger partial charge in [-0.05, 0) is 19.1 Å². The van der Waals surface area contributed by atoms with Gasteiger partial charge >= 0.3 is 5.97 Å². The number of hydrogen-bond acceptors (Lipinski definition) is 6. The third kappa shape index (κ3) is 4.81. The molecule has 0 fully saturated rings. The minimum Gasteiger partial charge on any atom is -0.495 e. The maximum atomic E-state index is 12.3. The van der Waals surface area contributed by atoms with Crippen molar-refractivity contribution in [3.8, 4) is 5.75 Å². The summed E-state index contributed by atoms with van der Waals surface area (Å²) in [6.07, 6.45) is 0. The smallest absolute Gasteiger partial charge is 0.318 e. The molecule has 9 nitrogen and oxygen atoms in total. The van der Waals surface area contributed by atoms with Crippen molar-refractivity contribution in [2.24, 2.45) is 0 Å². The lowest BCUT2D eigenvalue weighted by Crippen LogP contribution is -2.32. The number of carboxylic acid groups (broad SMARTS) is 1. The Morgan fingerprint density at radius 1 is 1.30 bits per heavy atom. The van der Waals surface area contributed by atoms with Crippen LogP contribution >= 0.6 is 0 Å². The molecule has 0 bridgehead atoms. The number of aliphatic carboxylic acids is 1. The van der Waals surface area contributed by atoms with Gasteiger partial charge < -0.3 is 9.84 Å². The van der Waals surface area contributed by atoms with Crippen LogP contribution in [0.5, 0.6) is 5.75 Å². The quantitative estimate of drug-likeness (QED) is 0.670. The van der Waals surface area contributed by atoms with Crippen LogP contribution in [0.15, 0.2) is 23.1 Å². The van der Waals surface area contributed by atoms with Crippen LogP contribution in [-0.4, -0.2) is 58.7 Å². The molecule has 0 amide bonds. The normalized spacial score (nSPS) is 12.2. The van der Waals surface area contributed by atoms with Gasteiger partial charge in [0.2, 0.25) is 20.0 Å². The molecule has 0 aliphatic heterocycles. The fraction of sp³-hybridized carbons (Fsp3) is 0.417. The molecule has 0 saturated carbocycles. The van der Waals surface area contributed by atoms with Crippen molar-refractivity contribution in [1.82, 2.24) is 4.31 Å². The molecule has 1 rings (SSSR count). The van der Waals surface area contributed by atoms with Crippen molar-refractivity contribution in [2.45, 2.75) is 11.8 Å². The molecule has 0 heterocycles. The molecule has 0 aliphatic rings. The van der Waals surface area contributed by atoms with E-state index in [1.54, 1.807) is 0 Å². The van der Waals surface area contributed by atoms with Gasteiger partial charge in [0.1, 0.15) is 17.2 Å². The lowest BCUT2D eigenvalue weighted by molar-refractivity contribution is -0.137. The van der Waals surface area contributed by atoms with Gasteiger partial charge in [0.25, 0.3) is 0 Å². The Bertz CT molecular complexity index is 788. The summed E-state index contributed by atoms with van der Waals surface area (Å²) >= 11 is 0. The maximum absolute atomic E-state index is 12.3. The zero-order valence-electron chi connectivity index (χ0n) is 12.8. The first-order valence-corrected chi connectivity index (χ1v) is 9.49. The van der Waals surface area contributed by atoms with Crippen molar-refractivity contribution in [2.75, 3.05) is 31.2 Å². The summed E-state index contributed by atoms with van der Waals surface area (Å²) in [6, 6.07) is 3.63. The average molecular weight is 366 g/mol. The number of sulfonamides is 2. The number of nitrogens with one attached hydrogen (secondary N) is 1. The van der Waals surface area contributed by atoms with Crippen molar-refractivity contribution >= 4 is 31.7 Å². The topological polar surface area (TPSA) is 130 Å². The van der Waals surface area contributed by atoms with E-state index in [9.17, 15) is 21.6 Å². The number of anilines is 1. The van der Waals surface area contributed by atoms with Gasteiger partial charge in [-0.1, -0.05) is 0 Å². The highest BCUT2D eigenvalue weighted by atomic mass is 32.2. The Morgan fingerprint density at radius 2 is 1.91 bits per heavy atom. The Hall–Kier alpha value is -1.85. The van der Waals surface area contributed by atoms with Crippen LogP contribution in [0.3, 0.4) is 0 Å². The van der Waals surface area contributed by atoms with Gasteiger partial charge in [-0.25, -0.2) is 16.8 Å². The number of methoxy groups -OCH3 is 1. The summed E-state index contributed by atoms with van der Waals surface area (Å²) in [6.45, 7) is 0.745. The summed E-state index contributed by atoms with van der Waals surface area (Å²) < 4.78 is 55.7. The average Bonchev–Trinajstić information content (AvgIpc) is 2.45. The second-order valence-corrected chi connectivity index (χ2v) is 8.55. The van der Waals surface area contributed by atoms with Gasteiger partial charge in [-0.15, -0.1) is 0 Å². The zero-order valence-corrected chi connectivity index (χ0v) is 14.4. The summed E-state index contributed by atoms with van der Waals surface area (Å²) in [4.78, 5) is 10.4. The Morgan fingerprint density at radius 3 is 2.39 bits per heavy atom. The fourth-order valence-corrected chi connectivity index (χ4v) is 3.52. The van der Waals surface area contributed by atoms with E-state index in [0.29, 0.717) is 4.31 Å². The van der Waals surface area contributed by atoms with E-state index in [1.165, 1.54) is 26.2 Å². The molecule has 0 saturated heterocycles. The van der Waals surface area contributed by atoms with E-state index in [0.717, 1.165) is 13.1 Å². The van der Waals surface area contributed by atoms with E-state index in [1.807, 2.05) is 0 Å². The SMILES string of the molecule is CCS(=O)(=O)Nc1ccc(S(=O)(=O)N(C)CC(=O)O)c(OC)c1. The Balaban J connectivity index is 3.26. The molecule has 0 spiro atoms. The number of likely N-dealkylation sites (N-methyl/N-ethyl adjacent to an activating group) is 1. The molecule has 1 aromatic rings. The van der Waals surface area contributed by atoms with E-state index in [4.69, 9.17) is 9.84 Å². The predicted octanol–water partition coefficient (Wildman–Crippen LogP) is 0.162. The van der Waals surface area contributed by atoms with Crippen molar-refractivity contribution in [3.63, 3.8) is 0 Å². The number of hydrogen-bond donors (Lipinski definition) is 2. The third-order valence-corrected chi connectivity index (χ3v) is 6.01. The number of rotatable bonds is 8. The maximum Gasteiger partial charge on any atom is 0.318 e. The zero-order chi connectivity index (χ0) is 17.8. The monoisotopic (exact) mass is 366 g/mol. The summed E-state index contributed by atoms with van der Waals surface area (Å²) in [7, 11) is -5.27. The highest BCUT2D eigenvalue weighted by Crippen LogP contribution is 2.29. The molecule has 11 heteroatoms. The first-order valence-electron chi connectivity index (χ1n) is 6.40. The summed E-state index contributed by atoms with van der Waals surface area (Å²) in [5.41, 5.74) is 0.142. The van der Waals surface area contributed by atoms with Crippen LogP contribution in [0.1, 0.15) is 6.92 Å². The minimum absolute atomic E-state index is 0.0986. The summed E-state index contributed by atoms with van der Waals surface area (Å²) in [5.74, 6) is -1.54. The second-order valence-electron chi connectivity index (χ2n) is 4.53. The number of carbonyl (C=O) groups is 1. The molecule has 130 valence electrons. The Kier molecular flexibility index (Phi) is 5.97. The highest BCUT2D eigenvalue weighted by molar-refractivity contribution is 7.92. The van der Waals surface area contributed by atoms with Gasteiger partial charge in [0, 0.05) is 13.1 Å². The number of nitrogens with zero attached hydrogens (tertiary/aromatic N) is 1. The standard InChI is InChI=1S/C12H18N2O7S2/c1-4-22(17,18)13-9-5-6-11(10(7-9)21-3)23(19,20)14(2)8-12(15)16/h5-7,13H,4,8H2,1-3H3,(H,15,16). The fourth-order valence-electron chi connectivity index (χ4n) is 1.64.